The first-order chi connectivity index (χ1) is 11.5. The topological polar surface area (TPSA) is 50.2 Å². The quantitative estimate of drug-likeness (QED) is 0.711. The highest BCUT2D eigenvalue weighted by molar-refractivity contribution is 7.20. The first-order valence-corrected chi connectivity index (χ1v) is 8.86. The van der Waals surface area contributed by atoms with Gasteiger partial charge in [-0.15, -0.1) is 23.7 Å². The summed E-state index contributed by atoms with van der Waals surface area (Å²) < 4.78 is 1.82. The molecule has 0 aliphatic carbocycles. The van der Waals surface area contributed by atoms with Crippen LogP contribution >= 0.6 is 35.3 Å². The number of nitrogens with one attached hydrogen (secondary N) is 1. The van der Waals surface area contributed by atoms with Crippen LogP contribution in [0.3, 0.4) is 0 Å². The number of aryl methyl sites for hydroxylation is 1. The summed E-state index contributed by atoms with van der Waals surface area (Å²) in [7, 11) is 3.69. The third-order valence-electron chi connectivity index (χ3n) is 3.88. The van der Waals surface area contributed by atoms with Crippen LogP contribution in [0.4, 0.5) is 0 Å². The number of hydrogen-bond acceptors (Lipinski definition) is 4. The van der Waals surface area contributed by atoms with Gasteiger partial charge in [0, 0.05) is 25.5 Å². The smallest absolute Gasteiger partial charge is 0.263 e. The minimum atomic E-state index is 0. The molecule has 1 aromatic carbocycles. The van der Waals surface area contributed by atoms with E-state index in [-0.39, 0.29) is 18.3 Å². The van der Waals surface area contributed by atoms with E-state index in [4.69, 9.17) is 11.6 Å². The summed E-state index contributed by atoms with van der Waals surface area (Å²) in [5, 5.41) is 9.26. The van der Waals surface area contributed by atoms with Crippen LogP contribution < -0.4 is 5.32 Å². The van der Waals surface area contributed by atoms with Gasteiger partial charge in [0.05, 0.1) is 21.3 Å². The molecular weight excluding hydrogens is 379 g/mol. The van der Waals surface area contributed by atoms with E-state index >= 15 is 0 Å². The Kier molecular flexibility index (Phi) is 6.46. The highest BCUT2D eigenvalue weighted by atomic mass is 35.5. The molecule has 25 heavy (non-hydrogen) atoms. The number of likely N-dealkylation sites (N-methyl/N-ethyl adjacent to an activating group) is 2. The van der Waals surface area contributed by atoms with Gasteiger partial charge in [0.2, 0.25) is 0 Å². The fraction of sp³-hybridized carbons (Fsp3) is 0.294. The molecule has 0 saturated heterocycles. The maximum atomic E-state index is 12.6. The Morgan fingerprint density at radius 2 is 2.12 bits per heavy atom. The lowest BCUT2D eigenvalue weighted by Crippen LogP contribution is -2.32. The number of hydrogen-bond donors (Lipinski definition) is 1. The van der Waals surface area contributed by atoms with Gasteiger partial charge in [-0.05, 0) is 32.2 Å². The number of aromatic nitrogens is 2. The summed E-state index contributed by atoms with van der Waals surface area (Å²) in [5.74, 6) is 0.0246. The highest BCUT2D eigenvalue weighted by Crippen LogP contribution is 2.32. The second kappa shape index (κ2) is 8.19. The van der Waals surface area contributed by atoms with E-state index in [0.717, 1.165) is 28.1 Å². The molecule has 0 atom stereocenters. The van der Waals surface area contributed by atoms with Crippen molar-refractivity contribution in [2.45, 2.75) is 6.92 Å². The van der Waals surface area contributed by atoms with Gasteiger partial charge >= 0.3 is 0 Å². The van der Waals surface area contributed by atoms with Crippen LogP contribution in [0.5, 0.6) is 0 Å². The SMILES string of the molecule is CNCCN(C)C(=O)c1cc2c(C)nn(-c3ccccc3Cl)c2s1.Cl. The van der Waals surface area contributed by atoms with Crippen LogP contribution in [-0.4, -0.2) is 47.8 Å². The van der Waals surface area contributed by atoms with Crippen molar-refractivity contribution in [3.8, 4) is 5.69 Å². The molecule has 5 nitrogen and oxygen atoms in total. The Bertz CT molecular complexity index is 890. The van der Waals surface area contributed by atoms with Crippen molar-refractivity contribution in [2.24, 2.45) is 0 Å². The maximum absolute atomic E-state index is 12.6. The zero-order valence-corrected chi connectivity index (χ0v) is 16.6. The average Bonchev–Trinajstić information content (AvgIpc) is 3.13. The fourth-order valence-corrected chi connectivity index (χ4v) is 3.89. The molecule has 2 heterocycles. The Morgan fingerprint density at radius 3 is 2.80 bits per heavy atom. The number of carbonyl (C=O) groups excluding carboxylic acids is 1. The van der Waals surface area contributed by atoms with E-state index < -0.39 is 0 Å². The minimum absolute atomic E-state index is 0. The standard InChI is InChI=1S/C17H19ClN4OS.ClH/c1-11-12-10-15(16(23)21(3)9-8-19-2)24-17(12)22(20-11)14-7-5-4-6-13(14)18;/h4-7,10,19H,8-9H2,1-3H3;1H. The minimum Gasteiger partial charge on any atom is -0.340 e. The summed E-state index contributed by atoms with van der Waals surface area (Å²) in [5.41, 5.74) is 1.71. The predicted molar refractivity (Wildman–Crippen MR) is 107 cm³/mol. The molecule has 3 aromatic rings. The first-order valence-electron chi connectivity index (χ1n) is 7.67. The van der Waals surface area contributed by atoms with Gasteiger partial charge in [-0.2, -0.15) is 5.10 Å². The van der Waals surface area contributed by atoms with E-state index in [1.807, 2.05) is 56.0 Å². The van der Waals surface area contributed by atoms with Crippen LogP contribution in [0.1, 0.15) is 15.4 Å². The van der Waals surface area contributed by atoms with Crippen molar-refractivity contribution in [2.75, 3.05) is 27.2 Å². The zero-order valence-electron chi connectivity index (χ0n) is 14.2. The molecule has 2 aromatic heterocycles. The number of amides is 1. The van der Waals surface area contributed by atoms with Gasteiger partial charge < -0.3 is 10.2 Å². The molecule has 0 spiro atoms. The number of benzene rings is 1. The fourth-order valence-electron chi connectivity index (χ4n) is 2.51. The predicted octanol–water partition coefficient (Wildman–Crippen LogP) is 3.76. The molecule has 0 bridgehead atoms. The normalized spacial score (nSPS) is 10.7. The van der Waals surface area contributed by atoms with Gasteiger partial charge in [-0.25, -0.2) is 4.68 Å². The van der Waals surface area contributed by atoms with Crippen LogP contribution in [0.2, 0.25) is 5.02 Å². The van der Waals surface area contributed by atoms with Crippen molar-refractivity contribution >= 4 is 51.5 Å². The van der Waals surface area contributed by atoms with E-state index in [1.54, 1.807) is 4.90 Å². The van der Waals surface area contributed by atoms with Crippen LogP contribution in [0.15, 0.2) is 30.3 Å². The van der Waals surface area contributed by atoms with Gasteiger partial charge in [-0.3, -0.25) is 4.79 Å². The Balaban J connectivity index is 0.00000225. The molecule has 0 aliphatic heterocycles. The van der Waals surface area contributed by atoms with Gasteiger partial charge in [0.25, 0.3) is 5.91 Å². The van der Waals surface area contributed by atoms with Gasteiger partial charge in [0.15, 0.2) is 0 Å². The molecule has 0 radical (unpaired) electrons. The number of nitrogens with zero attached hydrogens (tertiary/aromatic N) is 3. The van der Waals surface area contributed by atoms with Crippen LogP contribution in [-0.2, 0) is 0 Å². The lowest BCUT2D eigenvalue weighted by atomic mass is 10.3. The lowest BCUT2D eigenvalue weighted by molar-refractivity contribution is 0.0801. The molecule has 0 unspecified atom stereocenters. The van der Waals surface area contributed by atoms with Crippen molar-refractivity contribution in [3.63, 3.8) is 0 Å². The van der Waals surface area contributed by atoms with Crippen molar-refractivity contribution in [1.82, 2.24) is 20.0 Å². The third kappa shape index (κ3) is 3.82. The second-order valence-electron chi connectivity index (χ2n) is 5.61. The number of para-hydroxylation sites is 1. The summed E-state index contributed by atoms with van der Waals surface area (Å²) in [4.78, 5) is 16.0. The number of thiophene rings is 1. The van der Waals surface area contributed by atoms with E-state index in [9.17, 15) is 4.79 Å². The molecule has 1 amide bonds. The molecule has 3 rings (SSSR count). The van der Waals surface area contributed by atoms with Crippen LogP contribution in [0.25, 0.3) is 15.9 Å². The Morgan fingerprint density at radius 1 is 1.40 bits per heavy atom. The van der Waals surface area contributed by atoms with Crippen molar-refractivity contribution in [3.05, 3.63) is 45.9 Å². The van der Waals surface area contributed by atoms with Gasteiger partial charge in [0.1, 0.15) is 4.83 Å². The molecule has 0 fully saturated rings. The van der Waals surface area contributed by atoms with E-state index in [1.165, 1.54) is 11.3 Å². The Hall–Kier alpha value is -1.60. The second-order valence-corrected chi connectivity index (χ2v) is 7.05. The van der Waals surface area contributed by atoms with Crippen molar-refractivity contribution < 1.29 is 4.79 Å². The van der Waals surface area contributed by atoms with E-state index in [0.29, 0.717) is 16.4 Å². The Labute approximate surface area is 162 Å². The number of fused-ring (bicyclic) bond motifs is 1. The molecule has 1 N–H and O–H groups in total. The monoisotopic (exact) mass is 398 g/mol. The summed E-state index contributed by atoms with van der Waals surface area (Å²) in [6.07, 6.45) is 0. The molecule has 8 heteroatoms. The lowest BCUT2D eigenvalue weighted by Gasteiger charge is -2.15. The van der Waals surface area contributed by atoms with Gasteiger partial charge in [-0.1, -0.05) is 23.7 Å². The number of carbonyl (C=O) groups is 1. The molecular formula is C17H20Cl2N4OS. The summed E-state index contributed by atoms with van der Waals surface area (Å²) in [6, 6.07) is 9.50. The van der Waals surface area contributed by atoms with Crippen LogP contribution in [0, 0.1) is 6.92 Å². The molecule has 0 saturated carbocycles. The van der Waals surface area contributed by atoms with E-state index in [2.05, 4.69) is 10.4 Å². The summed E-state index contributed by atoms with van der Waals surface area (Å²) >= 11 is 7.76. The summed E-state index contributed by atoms with van der Waals surface area (Å²) in [6.45, 7) is 3.38. The maximum Gasteiger partial charge on any atom is 0.263 e. The van der Waals surface area contributed by atoms with Crippen molar-refractivity contribution in [1.29, 1.82) is 0 Å². The number of rotatable bonds is 5. The zero-order chi connectivity index (χ0) is 17.3. The average molecular weight is 399 g/mol. The first kappa shape index (κ1) is 19.7. The highest BCUT2D eigenvalue weighted by Gasteiger charge is 2.20. The molecule has 0 aliphatic rings. The third-order valence-corrected chi connectivity index (χ3v) is 5.30. The number of halogens is 2. The molecule has 134 valence electrons. The largest absolute Gasteiger partial charge is 0.340 e.